The molecule has 0 saturated carbocycles. The number of nitrogens with zero attached hydrogens (tertiary/aromatic N) is 2. The normalized spacial score (nSPS) is 10.7. The molecule has 0 aliphatic rings. The molecule has 0 atom stereocenters. The molecule has 0 spiro atoms. The van der Waals surface area contributed by atoms with Gasteiger partial charge in [0.1, 0.15) is 0 Å². The molecule has 72 valence electrons. The summed E-state index contributed by atoms with van der Waals surface area (Å²) in [5.74, 6) is -0.989. The van der Waals surface area contributed by atoms with E-state index in [4.69, 9.17) is 5.11 Å². The fraction of sp³-hybridized carbons (Fsp3) is 0.111. The number of hydrogen-bond acceptors (Lipinski definition) is 2. The topological polar surface area (TPSA) is 55.1 Å². The average molecular weight is 302 g/mol. The number of fused-ring (bicyclic) bond motifs is 1. The highest BCUT2D eigenvalue weighted by Gasteiger charge is 2.14. The number of aromatic nitrogens is 2. The van der Waals surface area contributed by atoms with Gasteiger partial charge in [-0.3, -0.25) is 4.68 Å². The molecule has 2 aromatic rings. The molecule has 0 aliphatic carbocycles. The van der Waals surface area contributed by atoms with Crippen LogP contribution in [-0.4, -0.2) is 20.9 Å². The van der Waals surface area contributed by atoms with Crippen LogP contribution in [0.15, 0.2) is 18.2 Å². The van der Waals surface area contributed by atoms with Crippen molar-refractivity contribution in [2.24, 2.45) is 7.05 Å². The van der Waals surface area contributed by atoms with Crippen LogP contribution in [-0.2, 0) is 7.05 Å². The van der Waals surface area contributed by atoms with Gasteiger partial charge in [-0.15, -0.1) is 0 Å². The van der Waals surface area contributed by atoms with Gasteiger partial charge in [0.05, 0.1) is 5.52 Å². The van der Waals surface area contributed by atoms with Gasteiger partial charge in [0, 0.05) is 16.0 Å². The van der Waals surface area contributed by atoms with Gasteiger partial charge in [-0.2, -0.15) is 5.10 Å². The summed E-state index contributed by atoms with van der Waals surface area (Å²) in [7, 11) is 1.74. The van der Waals surface area contributed by atoms with Crippen LogP contribution >= 0.6 is 22.6 Å². The molecule has 1 N–H and O–H groups in total. The fourth-order valence-corrected chi connectivity index (χ4v) is 1.86. The zero-order valence-electron chi connectivity index (χ0n) is 7.36. The zero-order chi connectivity index (χ0) is 10.3. The second-order valence-electron chi connectivity index (χ2n) is 2.94. The van der Waals surface area contributed by atoms with E-state index in [1.807, 2.05) is 12.1 Å². The Labute approximate surface area is 93.7 Å². The molecule has 0 unspecified atom stereocenters. The standard InChI is InChI=1S/C9H7IN2O2/c1-12-7-4-5(10)2-3-6(7)8(11-12)9(13)14/h2-4H,1H3,(H,13,14). The van der Waals surface area contributed by atoms with E-state index in [2.05, 4.69) is 27.7 Å². The van der Waals surface area contributed by atoms with Gasteiger partial charge in [0.15, 0.2) is 5.69 Å². The van der Waals surface area contributed by atoms with Crippen LogP contribution in [0, 0.1) is 3.57 Å². The number of hydrogen-bond donors (Lipinski definition) is 1. The van der Waals surface area contributed by atoms with Crippen molar-refractivity contribution in [3.05, 3.63) is 27.5 Å². The summed E-state index contributed by atoms with van der Waals surface area (Å²) in [6.07, 6.45) is 0. The Balaban J connectivity index is 2.84. The van der Waals surface area contributed by atoms with E-state index in [-0.39, 0.29) is 5.69 Å². The van der Waals surface area contributed by atoms with E-state index >= 15 is 0 Å². The van der Waals surface area contributed by atoms with Gasteiger partial charge in [-0.25, -0.2) is 4.79 Å². The minimum absolute atomic E-state index is 0.110. The van der Waals surface area contributed by atoms with Crippen molar-refractivity contribution >= 4 is 39.5 Å². The predicted molar refractivity (Wildman–Crippen MR) is 60.4 cm³/mol. The van der Waals surface area contributed by atoms with Gasteiger partial charge >= 0.3 is 5.97 Å². The predicted octanol–water partition coefficient (Wildman–Crippen LogP) is 1.88. The number of carboxylic acids is 1. The number of rotatable bonds is 1. The number of aryl methyl sites for hydroxylation is 1. The van der Waals surface area contributed by atoms with Crippen LogP contribution in [0.2, 0.25) is 0 Å². The van der Waals surface area contributed by atoms with Crippen LogP contribution in [0.4, 0.5) is 0 Å². The van der Waals surface area contributed by atoms with Gasteiger partial charge in [0.2, 0.25) is 0 Å². The maximum absolute atomic E-state index is 10.8. The van der Waals surface area contributed by atoms with E-state index in [1.165, 1.54) is 0 Å². The molecule has 0 bridgehead atoms. The quantitative estimate of drug-likeness (QED) is 0.818. The highest BCUT2D eigenvalue weighted by atomic mass is 127. The van der Waals surface area contributed by atoms with Gasteiger partial charge < -0.3 is 5.11 Å². The first kappa shape index (κ1) is 9.45. The fourth-order valence-electron chi connectivity index (χ4n) is 1.39. The smallest absolute Gasteiger partial charge is 0.357 e. The lowest BCUT2D eigenvalue weighted by atomic mass is 10.2. The average Bonchev–Trinajstić information content (AvgIpc) is 2.44. The number of halogens is 1. The largest absolute Gasteiger partial charge is 0.476 e. The van der Waals surface area contributed by atoms with E-state index in [9.17, 15) is 4.79 Å². The second kappa shape index (κ2) is 3.23. The van der Waals surface area contributed by atoms with Gasteiger partial charge in [-0.05, 0) is 40.8 Å². The summed E-state index contributed by atoms with van der Waals surface area (Å²) >= 11 is 2.18. The Kier molecular flexibility index (Phi) is 2.18. The molecule has 4 nitrogen and oxygen atoms in total. The van der Waals surface area contributed by atoms with Crippen LogP contribution in [0.5, 0.6) is 0 Å². The summed E-state index contributed by atoms with van der Waals surface area (Å²) in [6.45, 7) is 0. The van der Waals surface area contributed by atoms with Crippen molar-refractivity contribution in [1.82, 2.24) is 9.78 Å². The number of carbonyl (C=O) groups is 1. The van der Waals surface area contributed by atoms with Gasteiger partial charge in [0.25, 0.3) is 0 Å². The summed E-state index contributed by atoms with van der Waals surface area (Å²) in [6, 6.07) is 5.57. The van der Waals surface area contributed by atoms with Crippen molar-refractivity contribution in [3.8, 4) is 0 Å². The molecule has 0 amide bonds. The highest BCUT2D eigenvalue weighted by molar-refractivity contribution is 14.1. The molecule has 1 aromatic carbocycles. The summed E-state index contributed by atoms with van der Waals surface area (Å²) in [4.78, 5) is 10.8. The van der Waals surface area contributed by atoms with E-state index in [0.717, 1.165) is 9.09 Å². The van der Waals surface area contributed by atoms with Crippen molar-refractivity contribution in [1.29, 1.82) is 0 Å². The van der Waals surface area contributed by atoms with Crippen LogP contribution < -0.4 is 0 Å². The van der Waals surface area contributed by atoms with Crippen molar-refractivity contribution in [2.75, 3.05) is 0 Å². The summed E-state index contributed by atoms with van der Waals surface area (Å²) in [5, 5.41) is 13.5. The molecule has 0 saturated heterocycles. The lowest BCUT2D eigenvalue weighted by molar-refractivity contribution is 0.0691. The Morgan fingerprint density at radius 3 is 2.93 bits per heavy atom. The Bertz CT molecular complexity index is 519. The first-order valence-corrected chi connectivity index (χ1v) is 5.03. The molecule has 1 heterocycles. The number of benzene rings is 1. The Morgan fingerprint density at radius 2 is 2.29 bits per heavy atom. The maximum Gasteiger partial charge on any atom is 0.357 e. The lowest BCUT2D eigenvalue weighted by Crippen LogP contribution is -1.99. The summed E-state index contributed by atoms with van der Waals surface area (Å²) in [5.41, 5.74) is 0.952. The maximum atomic E-state index is 10.8. The first-order chi connectivity index (χ1) is 6.59. The molecule has 14 heavy (non-hydrogen) atoms. The van der Waals surface area contributed by atoms with Crippen molar-refractivity contribution in [3.63, 3.8) is 0 Å². The monoisotopic (exact) mass is 302 g/mol. The molecule has 1 aromatic heterocycles. The van der Waals surface area contributed by atoms with E-state index in [1.54, 1.807) is 17.8 Å². The van der Waals surface area contributed by atoms with Crippen LogP contribution in [0.25, 0.3) is 10.9 Å². The molecule has 0 aliphatic heterocycles. The van der Waals surface area contributed by atoms with E-state index in [0.29, 0.717) is 5.39 Å². The van der Waals surface area contributed by atoms with Crippen molar-refractivity contribution < 1.29 is 9.90 Å². The highest BCUT2D eigenvalue weighted by Crippen LogP contribution is 2.20. The zero-order valence-corrected chi connectivity index (χ0v) is 9.52. The lowest BCUT2D eigenvalue weighted by Gasteiger charge is -1.93. The van der Waals surface area contributed by atoms with E-state index < -0.39 is 5.97 Å². The minimum Gasteiger partial charge on any atom is -0.476 e. The first-order valence-electron chi connectivity index (χ1n) is 3.95. The molecular formula is C9H7IN2O2. The summed E-state index contributed by atoms with van der Waals surface area (Å²) < 4.78 is 2.65. The SMILES string of the molecule is Cn1nc(C(=O)O)c2ccc(I)cc21. The minimum atomic E-state index is -0.989. The molecule has 5 heteroatoms. The second-order valence-corrected chi connectivity index (χ2v) is 4.18. The van der Waals surface area contributed by atoms with Crippen LogP contribution in [0.3, 0.4) is 0 Å². The van der Waals surface area contributed by atoms with Crippen molar-refractivity contribution in [2.45, 2.75) is 0 Å². The third-order valence-corrected chi connectivity index (χ3v) is 2.69. The molecule has 2 rings (SSSR count). The number of aromatic carboxylic acids is 1. The third kappa shape index (κ3) is 1.37. The third-order valence-electron chi connectivity index (χ3n) is 2.02. The molecular weight excluding hydrogens is 295 g/mol. The molecule has 0 radical (unpaired) electrons. The Morgan fingerprint density at radius 1 is 1.57 bits per heavy atom. The molecule has 0 fully saturated rings. The Hall–Kier alpha value is -1.11. The van der Waals surface area contributed by atoms with Gasteiger partial charge in [-0.1, -0.05) is 0 Å². The number of carboxylic acid groups (broad SMARTS) is 1. The van der Waals surface area contributed by atoms with Crippen LogP contribution in [0.1, 0.15) is 10.5 Å².